The number of nitrogens with one attached hydrogen (secondary N) is 1. The van der Waals surface area contributed by atoms with Crippen molar-refractivity contribution in [1.82, 2.24) is 9.62 Å². The standard InChI is InChI=1S/C14H22N2O2S/c1-12(2)10-16(4)19(17,18)11-14-7-5-6-13(8-14)9-15-3/h5-8,15H,1,9-11H2,2-4H3. The van der Waals surface area contributed by atoms with E-state index >= 15 is 0 Å². The molecule has 1 aromatic carbocycles. The molecule has 0 saturated carbocycles. The van der Waals surface area contributed by atoms with Gasteiger partial charge in [0.05, 0.1) is 5.75 Å². The van der Waals surface area contributed by atoms with Gasteiger partial charge in [0.2, 0.25) is 10.0 Å². The van der Waals surface area contributed by atoms with Crippen molar-refractivity contribution in [2.24, 2.45) is 0 Å². The summed E-state index contributed by atoms with van der Waals surface area (Å²) < 4.78 is 25.7. The molecule has 0 amide bonds. The summed E-state index contributed by atoms with van der Waals surface area (Å²) in [6.45, 7) is 6.65. The molecule has 0 aliphatic heterocycles. The molecule has 19 heavy (non-hydrogen) atoms. The summed E-state index contributed by atoms with van der Waals surface area (Å²) in [6.07, 6.45) is 0. The molecule has 5 heteroatoms. The molecule has 0 unspecified atom stereocenters. The predicted molar refractivity (Wildman–Crippen MR) is 79.3 cm³/mol. The molecule has 0 bridgehead atoms. The Morgan fingerprint density at radius 2 is 2.00 bits per heavy atom. The quantitative estimate of drug-likeness (QED) is 0.775. The number of likely N-dealkylation sites (N-methyl/N-ethyl adjacent to an activating group) is 1. The van der Waals surface area contributed by atoms with Crippen molar-refractivity contribution >= 4 is 10.0 Å². The fraction of sp³-hybridized carbons (Fsp3) is 0.429. The smallest absolute Gasteiger partial charge is 0.218 e. The van der Waals surface area contributed by atoms with Crippen LogP contribution in [0, 0.1) is 0 Å². The van der Waals surface area contributed by atoms with Crippen LogP contribution in [0.15, 0.2) is 36.4 Å². The molecule has 1 N–H and O–H groups in total. The minimum Gasteiger partial charge on any atom is -0.316 e. The van der Waals surface area contributed by atoms with Crippen LogP contribution >= 0.6 is 0 Å². The van der Waals surface area contributed by atoms with Crippen LogP contribution < -0.4 is 5.32 Å². The highest BCUT2D eigenvalue weighted by atomic mass is 32.2. The lowest BCUT2D eigenvalue weighted by atomic mass is 10.1. The van der Waals surface area contributed by atoms with Gasteiger partial charge in [0.25, 0.3) is 0 Å². The first-order valence-corrected chi connectivity index (χ1v) is 7.77. The lowest BCUT2D eigenvalue weighted by Gasteiger charge is -2.17. The van der Waals surface area contributed by atoms with E-state index in [0.29, 0.717) is 6.54 Å². The third kappa shape index (κ3) is 5.14. The van der Waals surface area contributed by atoms with Gasteiger partial charge in [-0.25, -0.2) is 12.7 Å². The van der Waals surface area contributed by atoms with Crippen LogP contribution in [0.3, 0.4) is 0 Å². The van der Waals surface area contributed by atoms with E-state index < -0.39 is 10.0 Å². The van der Waals surface area contributed by atoms with Crippen LogP contribution in [0.5, 0.6) is 0 Å². The Balaban J connectivity index is 2.83. The fourth-order valence-electron chi connectivity index (χ4n) is 1.83. The van der Waals surface area contributed by atoms with Crippen molar-refractivity contribution in [3.63, 3.8) is 0 Å². The van der Waals surface area contributed by atoms with E-state index in [1.54, 1.807) is 7.05 Å². The molecule has 0 aliphatic carbocycles. The normalized spacial score (nSPS) is 11.8. The number of rotatable bonds is 7. The van der Waals surface area contributed by atoms with Gasteiger partial charge in [-0.2, -0.15) is 0 Å². The zero-order valence-electron chi connectivity index (χ0n) is 11.8. The Bertz CT molecular complexity index is 538. The SMILES string of the molecule is C=C(C)CN(C)S(=O)(=O)Cc1cccc(CNC)c1. The van der Waals surface area contributed by atoms with Crippen LogP contribution in [0.4, 0.5) is 0 Å². The van der Waals surface area contributed by atoms with E-state index in [2.05, 4.69) is 11.9 Å². The maximum Gasteiger partial charge on any atom is 0.218 e. The lowest BCUT2D eigenvalue weighted by molar-refractivity contribution is 0.492. The van der Waals surface area contributed by atoms with Gasteiger partial charge in [0.15, 0.2) is 0 Å². The van der Waals surface area contributed by atoms with Gasteiger partial charge in [0.1, 0.15) is 0 Å². The molecule has 0 aliphatic rings. The highest BCUT2D eigenvalue weighted by molar-refractivity contribution is 7.88. The van der Waals surface area contributed by atoms with E-state index in [0.717, 1.165) is 23.2 Å². The average Bonchev–Trinajstić information content (AvgIpc) is 2.28. The van der Waals surface area contributed by atoms with Crippen LogP contribution in [0.25, 0.3) is 0 Å². The van der Waals surface area contributed by atoms with Gasteiger partial charge < -0.3 is 5.32 Å². The van der Waals surface area contributed by atoms with E-state index in [-0.39, 0.29) is 5.75 Å². The van der Waals surface area contributed by atoms with Crippen LogP contribution in [-0.2, 0) is 22.3 Å². The largest absolute Gasteiger partial charge is 0.316 e. The Hall–Kier alpha value is -1.17. The first-order valence-electron chi connectivity index (χ1n) is 6.16. The van der Waals surface area contributed by atoms with Gasteiger partial charge in [-0.3, -0.25) is 0 Å². The van der Waals surface area contributed by atoms with Gasteiger partial charge in [-0.15, -0.1) is 0 Å². The summed E-state index contributed by atoms with van der Waals surface area (Å²) >= 11 is 0. The third-order valence-electron chi connectivity index (χ3n) is 2.69. The summed E-state index contributed by atoms with van der Waals surface area (Å²) in [5.74, 6) is 0.0222. The first-order chi connectivity index (χ1) is 8.85. The summed E-state index contributed by atoms with van der Waals surface area (Å²) in [7, 11) is 0.162. The minimum absolute atomic E-state index is 0.0222. The molecule has 1 rings (SSSR count). The van der Waals surface area contributed by atoms with E-state index in [1.807, 2.05) is 38.2 Å². The molecular formula is C14H22N2O2S. The van der Waals surface area contributed by atoms with E-state index in [9.17, 15) is 8.42 Å². The molecule has 0 atom stereocenters. The average molecular weight is 282 g/mol. The van der Waals surface area contributed by atoms with Gasteiger partial charge in [0, 0.05) is 20.1 Å². The number of hydrogen-bond acceptors (Lipinski definition) is 3. The number of benzene rings is 1. The molecule has 0 fully saturated rings. The molecule has 4 nitrogen and oxygen atoms in total. The summed E-state index contributed by atoms with van der Waals surface area (Å²) in [6, 6.07) is 7.62. The molecule has 0 spiro atoms. The topological polar surface area (TPSA) is 49.4 Å². The Morgan fingerprint density at radius 1 is 1.37 bits per heavy atom. The van der Waals surface area contributed by atoms with E-state index in [1.165, 1.54) is 4.31 Å². The molecule has 0 radical (unpaired) electrons. The zero-order valence-corrected chi connectivity index (χ0v) is 12.6. The Morgan fingerprint density at radius 3 is 2.58 bits per heavy atom. The Labute approximate surface area is 116 Å². The van der Waals surface area contributed by atoms with Gasteiger partial charge in [-0.05, 0) is 25.1 Å². The van der Waals surface area contributed by atoms with Gasteiger partial charge >= 0.3 is 0 Å². The highest BCUT2D eigenvalue weighted by Gasteiger charge is 2.18. The third-order valence-corrected chi connectivity index (χ3v) is 4.47. The second-order valence-electron chi connectivity index (χ2n) is 4.82. The Kier molecular flexibility index (Phi) is 5.72. The van der Waals surface area contributed by atoms with Crippen LogP contribution in [0.1, 0.15) is 18.1 Å². The van der Waals surface area contributed by atoms with Crippen LogP contribution in [0.2, 0.25) is 0 Å². The van der Waals surface area contributed by atoms with Crippen molar-refractivity contribution < 1.29 is 8.42 Å². The minimum atomic E-state index is -3.29. The number of nitrogens with zero attached hydrogens (tertiary/aromatic N) is 1. The summed E-state index contributed by atoms with van der Waals surface area (Å²) in [5, 5.41) is 3.05. The molecule has 0 heterocycles. The number of hydrogen-bond donors (Lipinski definition) is 1. The molecular weight excluding hydrogens is 260 g/mol. The lowest BCUT2D eigenvalue weighted by Crippen LogP contribution is -2.29. The monoisotopic (exact) mass is 282 g/mol. The van der Waals surface area contributed by atoms with Crippen molar-refractivity contribution in [3.8, 4) is 0 Å². The van der Waals surface area contributed by atoms with Crippen molar-refractivity contribution in [1.29, 1.82) is 0 Å². The van der Waals surface area contributed by atoms with Crippen LogP contribution in [-0.4, -0.2) is 33.4 Å². The zero-order chi connectivity index (χ0) is 14.5. The highest BCUT2D eigenvalue weighted by Crippen LogP contribution is 2.12. The maximum atomic E-state index is 12.2. The second-order valence-corrected chi connectivity index (χ2v) is 6.90. The number of sulfonamides is 1. The predicted octanol–water partition coefficient (Wildman–Crippen LogP) is 1.74. The summed E-state index contributed by atoms with van der Waals surface area (Å²) in [4.78, 5) is 0. The molecule has 1 aromatic rings. The van der Waals surface area contributed by atoms with Crippen molar-refractivity contribution in [3.05, 3.63) is 47.5 Å². The summed E-state index contributed by atoms with van der Waals surface area (Å²) in [5.41, 5.74) is 2.72. The molecule has 0 aromatic heterocycles. The van der Waals surface area contributed by atoms with Crippen molar-refractivity contribution in [2.75, 3.05) is 20.6 Å². The molecule has 0 saturated heterocycles. The van der Waals surface area contributed by atoms with Gasteiger partial charge in [-0.1, -0.05) is 36.4 Å². The van der Waals surface area contributed by atoms with Crippen molar-refractivity contribution in [2.45, 2.75) is 19.2 Å². The molecule has 106 valence electrons. The van der Waals surface area contributed by atoms with E-state index in [4.69, 9.17) is 0 Å². The first kappa shape index (κ1) is 15.9. The maximum absolute atomic E-state index is 12.2. The second kappa shape index (κ2) is 6.84. The fourth-order valence-corrected chi connectivity index (χ4v) is 3.07.